The van der Waals surface area contributed by atoms with Crippen LogP contribution in [0.15, 0.2) is 30.6 Å². The highest BCUT2D eigenvalue weighted by Gasteiger charge is 2.57. The molecule has 4 nitrogen and oxygen atoms in total. The molecule has 1 aromatic rings. The van der Waals surface area contributed by atoms with Gasteiger partial charge >= 0.3 is 5.97 Å². The Kier molecular flexibility index (Phi) is 5.58. The predicted octanol–water partition coefficient (Wildman–Crippen LogP) is 4.88. The lowest BCUT2D eigenvalue weighted by Crippen LogP contribution is -2.52. The van der Waals surface area contributed by atoms with E-state index in [2.05, 4.69) is 31.0 Å². The number of esters is 1. The first-order valence-corrected chi connectivity index (χ1v) is 11.2. The van der Waals surface area contributed by atoms with Crippen molar-refractivity contribution in [2.75, 3.05) is 13.7 Å². The Balaban J connectivity index is 1.61. The second-order valence-corrected chi connectivity index (χ2v) is 9.96. The summed E-state index contributed by atoms with van der Waals surface area (Å²) in [5.74, 6) is 2.07. The average molecular weight is 398 g/mol. The number of carbonyl (C=O) groups is 1. The SMILES string of the molecule is COC(=O)C[C@@H]1CC[C@@H]2[C@H](CC[C@]3(C)C(c4cccnc4)=CC[C@@H]23)[C@@]1(C)CCO. The van der Waals surface area contributed by atoms with Crippen molar-refractivity contribution < 1.29 is 14.6 Å². The van der Waals surface area contributed by atoms with Crippen LogP contribution in [0.5, 0.6) is 0 Å². The van der Waals surface area contributed by atoms with Gasteiger partial charge in [-0.05, 0) is 90.2 Å². The number of aliphatic hydroxyl groups is 1. The number of ether oxygens (including phenoxy) is 1. The summed E-state index contributed by atoms with van der Waals surface area (Å²) in [5.41, 5.74) is 2.96. The molecule has 2 saturated carbocycles. The van der Waals surface area contributed by atoms with E-state index in [1.54, 1.807) is 0 Å². The van der Waals surface area contributed by atoms with Gasteiger partial charge in [-0.15, -0.1) is 0 Å². The number of aromatic nitrogens is 1. The Morgan fingerprint density at radius 3 is 2.79 bits per heavy atom. The number of aliphatic hydroxyl groups excluding tert-OH is 1. The van der Waals surface area contributed by atoms with Crippen molar-refractivity contribution in [1.29, 1.82) is 0 Å². The summed E-state index contributed by atoms with van der Waals surface area (Å²) in [4.78, 5) is 16.4. The molecule has 3 aliphatic rings. The van der Waals surface area contributed by atoms with Crippen molar-refractivity contribution >= 4 is 11.5 Å². The third-order valence-electron chi connectivity index (χ3n) is 8.91. The van der Waals surface area contributed by atoms with E-state index in [0.717, 1.165) is 19.3 Å². The number of allylic oxidation sites excluding steroid dienone is 2. The quantitative estimate of drug-likeness (QED) is 0.720. The third-order valence-corrected chi connectivity index (χ3v) is 8.91. The smallest absolute Gasteiger partial charge is 0.305 e. The van der Waals surface area contributed by atoms with Gasteiger partial charge in [-0.25, -0.2) is 0 Å². The lowest BCUT2D eigenvalue weighted by Gasteiger charge is -2.59. The maximum Gasteiger partial charge on any atom is 0.305 e. The molecule has 1 heterocycles. The fourth-order valence-corrected chi connectivity index (χ4v) is 7.32. The number of pyridine rings is 1. The van der Waals surface area contributed by atoms with Gasteiger partial charge in [0.15, 0.2) is 0 Å². The number of methoxy groups -OCH3 is 1. The normalized spacial score (nSPS) is 38.7. The van der Waals surface area contributed by atoms with Gasteiger partial charge in [0, 0.05) is 25.4 Å². The van der Waals surface area contributed by atoms with E-state index in [-0.39, 0.29) is 23.4 Å². The Hall–Kier alpha value is -1.68. The van der Waals surface area contributed by atoms with Gasteiger partial charge in [-0.3, -0.25) is 9.78 Å². The van der Waals surface area contributed by atoms with Gasteiger partial charge < -0.3 is 9.84 Å². The van der Waals surface area contributed by atoms with Crippen LogP contribution in [0.25, 0.3) is 5.57 Å². The molecule has 1 aromatic heterocycles. The Bertz CT molecular complexity index is 776. The molecule has 4 rings (SSSR count). The van der Waals surface area contributed by atoms with Crippen LogP contribution >= 0.6 is 0 Å². The van der Waals surface area contributed by atoms with E-state index >= 15 is 0 Å². The molecule has 0 spiro atoms. The summed E-state index contributed by atoms with van der Waals surface area (Å²) >= 11 is 0. The second-order valence-electron chi connectivity index (χ2n) is 9.96. The predicted molar refractivity (Wildman–Crippen MR) is 114 cm³/mol. The van der Waals surface area contributed by atoms with Gasteiger partial charge in [-0.2, -0.15) is 0 Å². The average Bonchev–Trinajstić information content (AvgIpc) is 3.08. The molecular weight excluding hydrogens is 362 g/mol. The molecule has 6 atom stereocenters. The first-order valence-electron chi connectivity index (χ1n) is 11.2. The van der Waals surface area contributed by atoms with E-state index in [4.69, 9.17) is 4.74 Å². The molecule has 158 valence electrons. The summed E-state index contributed by atoms with van der Waals surface area (Å²) in [6.45, 7) is 4.99. The Morgan fingerprint density at radius 1 is 1.28 bits per heavy atom. The highest BCUT2D eigenvalue weighted by atomic mass is 16.5. The summed E-state index contributed by atoms with van der Waals surface area (Å²) in [6, 6.07) is 4.23. The van der Waals surface area contributed by atoms with Crippen LogP contribution in [0.1, 0.15) is 64.4 Å². The zero-order valence-corrected chi connectivity index (χ0v) is 18.1. The number of rotatable bonds is 5. The molecule has 0 unspecified atom stereocenters. The lowest BCUT2D eigenvalue weighted by atomic mass is 9.46. The van der Waals surface area contributed by atoms with Crippen LogP contribution in [-0.2, 0) is 9.53 Å². The van der Waals surface area contributed by atoms with E-state index in [0.29, 0.717) is 30.1 Å². The summed E-state index contributed by atoms with van der Waals surface area (Å²) in [5, 5.41) is 9.88. The van der Waals surface area contributed by atoms with Crippen LogP contribution in [0.2, 0.25) is 0 Å². The van der Waals surface area contributed by atoms with Gasteiger partial charge in [0.1, 0.15) is 0 Å². The highest BCUT2D eigenvalue weighted by molar-refractivity contribution is 5.72. The molecule has 2 fully saturated rings. The van der Waals surface area contributed by atoms with Crippen LogP contribution in [0.3, 0.4) is 0 Å². The molecule has 4 heteroatoms. The molecule has 29 heavy (non-hydrogen) atoms. The minimum absolute atomic E-state index is 0.00421. The monoisotopic (exact) mass is 397 g/mol. The molecule has 3 aliphatic carbocycles. The maximum absolute atomic E-state index is 12.1. The van der Waals surface area contributed by atoms with Gasteiger partial charge in [-0.1, -0.05) is 26.0 Å². The molecule has 0 aromatic carbocycles. The standard InChI is InChI=1S/C25H35NO3/c1-24(12-14-27)18(15-23(28)29-3)6-7-19-21-9-8-20(17-5-4-13-26-16-17)25(21,2)11-10-22(19)24/h4-5,8,13,16,18-19,21-22,27H,6-7,9-12,14-15H2,1-3H3/t18-,19-,21-,22-,24-,25+/m0/s1. The second kappa shape index (κ2) is 7.86. The van der Waals surface area contributed by atoms with Crippen molar-refractivity contribution in [3.05, 3.63) is 36.2 Å². The minimum atomic E-state index is -0.111. The van der Waals surface area contributed by atoms with Crippen molar-refractivity contribution in [1.82, 2.24) is 4.98 Å². The number of hydrogen-bond acceptors (Lipinski definition) is 4. The van der Waals surface area contributed by atoms with Crippen LogP contribution in [-0.4, -0.2) is 29.8 Å². The third kappa shape index (κ3) is 3.34. The van der Waals surface area contributed by atoms with Gasteiger partial charge in [0.05, 0.1) is 7.11 Å². The fourth-order valence-electron chi connectivity index (χ4n) is 7.32. The van der Waals surface area contributed by atoms with Crippen molar-refractivity contribution in [3.8, 4) is 0 Å². The molecule has 0 aliphatic heterocycles. The number of nitrogens with zero attached hydrogens (tertiary/aromatic N) is 1. The molecule has 0 amide bonds. The van der Waals surface area contributed by atoms with Crippen molar-refractivity contribution in [3.63, 3.8) is 0 Å². The zero-order chi connectivity index (χ0) is 20.6. The first kappa shape index (κ1) is 20.6. The maximum atomic E-state index is 12.1. The molecule has 0 saturated heterocycles. The van der Waals surface area contributed by atoms with Gasteiger partial charge in [0.25, 0.3) is 0 Å². The molecule has 1 N–H and O–H groups in total. The Morgan fingerprint density at radius 2 is 2.10 bits per heavy atom. The number of fused-ring (bicyclic) bond motifs is 3. The van der Waals surface area contributed by atoms with Gasteiger partial charge in [0.2, 0.25) is 0 Å². The van der Waals surface area contributed by atoms with E-state index in [9.17, 15) is 9.90 Å². The van der Waals surface area contributed by atoms with Crippen LogP contribution < -0.4 is 0 Å². The van der Waals surface area contributed by atoms with E-state index in [1.807, 2.05) is 18.5 Å². The number of carbonyl (C=O) groups excluding carboxylic acids is 1. The lowest BCUT2D eigenvalue weighted by molar-refractivity contribution is -0.147. The largest absolute Gasteiger partial charge is 0.469 e. The van der Waals surface area contributed by atoms with Crippen molar-refractivity contribution in [2.45, 2.75) is 58.8 Å². The van der Waals surface area contributed by atoms with Crippen LogP contribution in [0, 0.1) is 34.5 Å². The fraction of sp³-hybridized carbons (Fsp3) is 0.680. The Labute approximate surface area is 174 Å². The summed E-state index contributed by atoms with van der Waals surface area (Å²) < 4.78 is 4.99. The molecular formula is C25H35NO3. The molecule has 0 bridgehead atoms. The van der Waals surface area contributed by atoms with Crippen molar-refractivity contribution in [2.24, 2.45) is 34.5 Å². The summed E-state index contributed by atoms with van der Waals surface area (Å²) in [7, 11) is 1.48. The van der Waals surface area contributed by atoms with Crippen LogP contribution in [0.4, 0.5) is 0 Å². The van der Waals surface area contributed by atoms with E-state index < -0.39 is 0 Å². The first-order chi connectivity index (χ1) is 13.9. The highest BCUT2D eigenvalue weighted by Crippen LogP contribution is 2.66. The van der Waals surface area contributed by atoms with E-state index in [1.165, 1.54) is 37.5 Å². The zero-order valence-electron chi connectivity index (χ0n) is 18.1. The minimum Gasteiger partial charge on any atom is -0.469 e. The topological polar surface area (TPSA) is 59.4 Å². The number of hydrogen-bond donors (Lipinski definition) is 1. The molecule has 0 radical (unpaired) electrons. The summed E-state index contributed by atoms with van der Waals surface area (Å²) in [6.07, 6.45) is 13.3.